The minimum Gasteiger partial charge on any atom is -0.325 e. The Hall–Kier alpha value is -4.04. The number of pyridine rings is 1. The highest BCUT2D eigenvalue weighted by Gasteiger charge is 2.51. The molecule has 2 aliphatic heterocycles. The molecule has 1 aromatic heterocycles. The Morgan fingerprint density at radius 2 is 1.84 bits per heavy atom. The minimum absolute atomic E-state index is 0.0326. The maximum absolute atomic E-state index is 13.3. The van der Waals surface area contributed by atoms with Gasteiger partial charge in [-0.2, -0.15) is 0 Å². The molecule has 1 spiro atoms. The van der Waals surface area contributed by atoms with Crippen molar-refractivity contribution < 1.29 is 14.4 Å². The van der Waals surface area contributed by atoms with Gasteiger partial charge in [-0.1, -0.05) is 42.5 Å². The molecule has 3 aromatic rings. The van der Waals surface area contributed by atoms with Crippen LogP contribution in [0.15, 0.2) is 66.9 Å². The first-order chi connectivity index (χ1) is 17.8. The first-order valence-electron chi connectivity index (χ1n) is 12.6. The van der Waals surface area contributed by atoms with Crippen molar-refractivity contribution in [2.24, 2.45) is 0 Å². The quantitative estimate of drug-likeness (QED) is 0.517. The maximum atomic E-state index is 13.3. The van der Waals surface area contributed by atoms with Crippen LogP contribution >= 0.6 is 0 Å². The number of aromatic nitrogens is 1. The number of amides is 3. The average molecular weight is 496 g/mol. The highest BCUT2D eigenvalue weighted by molar-refractivity contribution is 6.06. The van der Waals surface area contributed by atoms with Crippen LogP contribution in [0.1, 0.15) is 42.1 Å². The number of fused-ring (bicyclic) bond motifs is 3. The van der Waals surface area contributed by atoms with E-state index >= 15 is 0 Å². The van der Waals surface area contributed by atoms with Crippen LogP contribution in [-0.4, -0.2) is 46.2 Å². The summed E-state index contributed by atoms with van der Waals surface area (Å²) in [5.74, 6) is 0.228. The molecule has 6 rings (SSSR count). The Balaban J connectivity index is 1.20. The third kappa shape index (κ3) is 3.88. The number of piperazine rings is 1. The fourth-order valence-electron chi connectivity index (χ4n) is 5.89. The highest BCUT2D eigenvalue weighted by atomic mass is 16.2. The number of carbonyl (C=O) groups excluding carboxylic acids is 3. The third-order valence-electron chi connectivity index (χ3n) is 7.87. The summed E-state index contributed by atoms with van der Waals surface area (Å²) >= 11 is 0. The first kappa shape index (κ1) is 23.4. The topological polar surface area (TPSA) is 103 Å². The lowest BCUT2D eigenvalue weighted by Crippen LogP contribution is -2.63. The highest BCUT2D eigenvalue weighted by Crippen LogP contribution is 2.47. The predicted molar refractivity (Wildman–Crippen MR) is 140 cm³/mol. The first-order valence-corrected chi connectivity index (χ1v) is 12.6. The van der Waals surface area contributed by atoms with Gasteiger partial charge >= 0.3 is 0 Å². The minimum atomic E-state index is -0.750. The number of hydrogen-bond acceptors (Lipinski definition) is 5. The molecule has 8 heteroatoms. The van der Waals surface area contributed by atoms with Crippen LogP contribution in [0.3, 0.4) is 0 Å². The molecule has 0 radical (unpaired) electrons. The monoisotopic (exact) mass is 495 g/mol. The van der Waals surface area contributed by atoms with E-state index in [-0.39, 0.29) is 30.3 Å². The van der Waals surface area contributed by atoms with Gasteiger partial charge in [-0.3, -0.25) is 14.4 Å². The molecule has 1 aliphatic carbocycles. The van der Waals surface area contributed by atoms with E-state index in [1.807, 2.05) is 74.5 Å². The number of benzene rings is 2. The second-order valence-electron chi connectivity index (χ2n) is 10.7. The number of carbonyl (C=O) groups is 3. The van der Waals surface area contributed by atoms with Crippen LogP contribution in [0.5, 0.6) is 0 Å². The van der Waals surface area contributed by atoms with Crippen molar-refractivity contribution in [3.63, 3.8) is 0 Å². The van der Waals surface area contributed by atoms with E-state index in [1.54, 1.807) is 11.1 Å². The van der Waals surface area contributed by atoms with E-state index in [0.29, 0.717) is 30.9 Å². The van der Waals surface area contributed by atoms with Gasteiger partial charge in [-0.25, -0.2) is 4.98 Å². The Bertz CT molecular complexity index is 1420. The van der Waals surface area contributed by atoms with Gasteiger partial charge in [0.25, 0.3) is 0 Å². The number of rotatable bonds is 4. The number of hydrogen-bond donors (Lipinski definition) is 3. The number of anilines is 2. The van der Waals surface area contributed by atoms with Gasteiger partial charge in [0, 0.05) is 24.0 Å². The Labute approximate surface area is 215 Å². The van der Waals surface area contributed by atoms with Gasteiger partial charge < -0.3 is 20.9 Å². The van der Waals surface area contributed by atoms with E-state index in [4.69, 9.17) is 0 Å². The lowest BCUT2D eigenvalue weighted by Gasteiger charge is -2.43. The van der Waals surface area contributed by atoms with Crippen LogP contribution in [0, 0.1) is 0 Å². The van der Waals surface area contributed by atoms with Crippen molar-refractivity contribution in [2.75, 3.05) is 23.7 Å². The number of nitrogens with one attached hydrogen (secondary N) is 3. The molecule has 3 heterocycles. The predicted octanol–water partition coefficient (Wildman–Crippen LogP) is 2.96. The molecule has 0 bridgehead atoms. The molecule has 2 atom stereocenters. The average Bonchev–Trinajstić information content (AvgIpc) is 3.40. The molecular weight excluding hydrogens is 466 g/mol. The molecule has 0 saturated carbocycles. The zero-order valence-corrected chi connectivity index (χ0v) is 20.9. The van der Waals surface area contributed by atoms with E-state index in [9.17, 15) is 14.4 Å². The van der Waals surface area contributed by atoms with Gasteiger partial charge in [0.15, 0.2) is 0 Å². The van der Waals surface area contributed by atoms with Crippen LogP contribution < -0.4 is 16.0 Å². The summed E-state index contributed by atoms with van der Waals surface area (Å²) in [4.78, 5) is 45.4. The van der Waals surface area contributed by atoms with Crippen LogP contribution in [0.2, 0.25) is 0 Å². The van der Waals surface area contributed by atoms with Gasteiger partial charge in [0.05, 0.1) is 17.0 Å². The fourth-order valence-corrected chi connectivity index (χ4v) is 5.89. The van der Waals surface area contributed by atoms with E-state index in [0.717, 1.165) is 22.3 Å². The molecule has 2 aromatic carbocycles. The molecule has 3 aliphatic rings. The maximum Gasteiger partial charge on any atom is 0.244 e. The van der Waals surface area contributed by atoms with Crippen LogP contribution in [-0.2, 0) is 32.6 Å². The fraction of sp³-hybridized carbons (Fsp3) is 0.310. The molecule has 0 unspecified atom stereocenters. The zero-order valence-electron chi connectivity index (χ0n) is 20.9. The molecule has 1 saturated heterocycles. The van der Waals surface area contributed by atoms with E-state index in [2.05, 4.69) is 20.9 Å². The van der Waals surface area contributed by atoms with E-state index in [1.165, 1.54) is 0 Å². The van der Waals surface area contributed by atoms with Gasteiger partial charge in [0.1, 0.15) is 12.4 Å². The van der Waals surface area contributed by atoms with Crippen molar-refractivity contribution in [3.05, 3.63) is 89.1 Å². The molecule has 3 N–H and O–H groups in total. The molecule has 3 amide bonds. The van der Waals surface area contributed by atoms with E-state index < -0.39 is 11.0 Å². The Kier molecular flexibility index (Phi) is 5.38. The summed E-state index contributed by atoms with van der Waals surface area (Å²) < 4.78 is 0. The second-order valence-corrected chi connectivity index (χ2v) is 10.7. The van der Waals surface area contributed by atoms with Gasteiger partial charge in [-0.15, -0.1) is 0 Å². The molecule has 188 valence electrons. The van der Waals surface area contributed by atoms with Crippen molar-refractivity contribution >= 4 is 29.2 Å². The lowest BCUT2D eigenvalue weighted by molar-refractivity contribution is -0.146. The lowest BCUT2D eigenvalue weighted by atomic mass is 9.79. The van der Waals surface area contributed by atoms with Crippen molar-refractivity contribution in [1.82, 2.24) is 15.2 Å². The summed E-state index contributed by atoms with van der Waals surface area (Å²) in [7, 11) is 0. The van der Waals surface area contributed by atoms with Crippen LogP contribution in [0.25, 0.3) is 0 Å². The smallest absolute Gasteiger partial charge is 0.244 e. The summed E-state index contributed by atoms with van der Waals surface area (Å²) in [6.45, 7) is 4.19. The summed E-state index contributed by atoms with van der Waals surface area (Å²) in [6, 6.07) is 19.1. The molecule has 8 nitrogen and oxygen atoms in total. The Morgan fingerprint density at radius 3 is 2.65 bits per heavy atom. The zero-order chi connectivity index (χ0) is 25.8. The number of nitrogens with zero attached hydrogens (tertiary/aromatic N) is 2. The van der Waals surface area contributed by atoms with Crippen LogP contribution in [0.4, 0.5) is 11.5 Å². The summed E-state index contributed by atoms with van der Waals surface area (Å²) in [5, 5.41) is 9.22. The summed E-state index contributed by atoms with van der Waals surface area (Å²) in [6.07, 6.45) is 2.84. The normalized spacial score (nSPS) is 23.5. The van der Waals surface area contributed by atoms with Crippen molar-refractivity contribution in [3.8, 4) is 0 Å². The second kappa shape index (κ2) is 8.52. The van der Waals surface area contributed by atoms with Crippen molar-refractivity contribution in [2.45, 2.75) is 43.7 Å². The Morgan fingerprint density at radius 1 is 1.05 bits per heavy atom. The van der Waals surface area contributed by atoms with Gasteiger partial charge in [0.2, 0.25) is 17.7 Å². The largest absolute Gasteiger partial charge is 0.325 e. The van der Waals surface area contributed by atoms with Crippen molar-refractivity contribution in [1.29, 1.82) is 0 Å². The standard InChI is InChI=1S/C29H29N5O3/c1-28(2)27(37)34(23(16-31-28)18-7-4-3-5-8-18)17-24(35)32-21-11-10-19-14-29(15-20(19)13-21)22-9-6-12-30-25(22)33-26(29)36/h3-13,23,31H,14-17H2,1-2H3,(H,32,35)(H,30,33,36)/t23-,29-/m1/s1. The molecular formula is C29H29N5O3. The van der Waals surface area contributed by atoms with Gasteiger partial charge in [-0.05, 0) is 61.6 Å². The molecule has 1 fully saturated rings. The third-order valence-corrected chi connectivity index (χ3v) is 7.87. The SMILES string of the molecule is CC1(C)NC[C@H](c2ccccc2)N(CC(=O)Nc2ccc3c(c2)C[C@@]2(C3)C(=O)Nc3ncccc32)C1=O. The summed E-state index contributed by atoms with van der Waals surface area (Å²) in [5.41, 5.74) is 3.28. The molecule has 37 heavy (non-hydrogen) atoms.